The Morgan fingerprint density at radius 3 is 2.34 bits per heavy atom. The van der Waals surface area contributed by atoms with Gasteiger partial charge >= 0.3 is 6.18 Å². The quantitative estimate of drug-likeness (QED) is 0.634. The number of hydrogen-bond donors (Lipinski definition) is 2. The van der Waals surface area contributed by atoms with Crippen LogP contribution in [0.5, 0.6) is 0 Å². The fourth-order valence-corrected chi connectivity index (χ4v) is 4.41. The summed E-state index contributed by atoms with van der Waals surface area (Å²) in [5.74, 6) is 0. The molecule has 0 saturated carbocycles. The molecule has 29 heavy (non-hydrogen) atoms. The van der Waals surface area contributed by atoms with E-state index in [0.717, 1.165) is 22.5 Å². The van der Waals surface area contributed by atoms with Gasteiger partial charge < -0.3 is 10.1 Å². The Bertz CT molecular complexity index is 1180. The third-order valence-corrected chi connectivity index (χ3v) is 6.15. The highest BCUT2D eigenvalue weighted by Crippen LogP contribution is 2.34. The first-order valence-corrected chi connectivity index (χ1v) is 9.96. The number of benzene rings is 2. The zero-order chi connectivity index (χ0) is 21.2. The van der Waals surface area contributed by atoms with Crippen molar-refractivity contribution in [3.05, 3.63) is 76.1 Å². The number of halogens is 3. The van der Waals surface area contributed by atoms with Crippen molar-refractivity contribution in [1.82, 2.24) is 9.29 Å². The monoisotopic (exact) mass is 426 g/mol. The van der Waals surface area contributed by atoms with E-state index in [-0.39, 0.29) is 23.5 Å². The summed E-state index contributed by atoms with van der Waals surface area (Å²) < 4.78 is 67.1. The minimum Gasteiger partial charge on any atom is -0.395 e. The summed E-state index contributed by atoms with van der Waals surface area (Å²) >= 11 is 0. The van der Waals surface area contributed by atoms with E-state index in [1.54, 1.807) is 30.3 Å². The lowest BCUT2D eigenvalue weighted by atomic mass is 10.1. The molecule has 0 aliphatic carbocycles. The van der Waals surface area contributed by atoms with Crippen molar-refractivity contribution in [3.63, 3.8) is 0 Å². The number of aliphatic hydroxyl groups excluding tert-OH is 1. The average Bonchev–Trinajstić information content (AvgIpc) is 2.66. The molecule has 0 saturated heterocycles. The Morgan fingerprint density at radius 1 is 1.03 bits per heavy atom. The number of aliphatic hydroxyl groups is 1. The standard InChI is InChI=1S/C19H17F3N2O4S/c20-19(21,22)16-11-18(26)23-17-7-6-14(10-15(16)17)29(27,28)24(8-9-25)12-13-4-2-1-3-5-13/h1-7,10-11,25H,8-9,12H2,(H,23,26). The van der Waals surface area contributed by atoms with Gasteiger partial charge in [0.25, 0.3) is 0 Å². The SMILES string of the molecule is O=c1cc(C(F)(F)F)c2cc(S(=O)(=O)N(CCO)Cc3ccccc3)ccc2[nH]1. The number of pyridine rings is 1. The van der Waals surface area contributed by atoms with E-state index >= 15 is 0 Å². The second-order valence-corrected chi connectivity index (χ2v) is 8.24. The van der Waals surface area contributed by atoms with Gasteiger partial charge in [0.05, 0.1) is 17.1 Å². The molecule has 0 fully saturated rings. The third kappa shape index (κ3) is 4.50. The van der Waals surface area contributed by atoms with Gasteiger partial charge in [0, 0.05) is 30.1 Å². The summed E-state index contributed by atoms with van der Waals surface area (Å²) in [6.07, 6.45) is -4.83. The number of sulfonamides is 1. The molecule has 0 amide bonds. The van der Waals surface area contributed by atoms with Crippen LogP contribution in [0.25, 0.3) is 10.9 Å². The Kier molecular flexibility index (Phi) is 5.78. The van der Waals surface area contributed by atoms with Gasteiger partial charge in [-0.3, -0.25) is 4.79 Å². The molecule has 3 aromatic rings. The van der Waals surface area contributed by atoms with E-state index < -0.39 is 39.3 Å². The first-order valence-electron chi connectivity index (χ1n) is 8.52. The van der Waals surface area contributed by atoms with Gasteiger partial charge in [-0.05, 0) is 23.8 Å². The van der Waals surface area contributed by atoms with Crippen LogP contribution in [-0.4, -0.2) is 36.0 Å². The van der Waals surface area contributed by atoms with Gasteiger partial charge in [-0.15, -0.1) is 0 Å². The maximum atomic E-state index is 13.3. The van der Waals surface area contributed by atoms with Crippen molar-refractivity contribution < 1.29 is 26.7 Å². The molecule has 1 aromatic heterocycles. The highest BCUT2D eigenvalue weighted by molar-refractivity contribution is 7.89. The fourth-order valence-electron chi connectivity index (χ4n) is 2.96. The van der Waals surface area contributed by atoms with Crippen molar-refractivity contribution in [2.24, 2.45) is 0 Å². The molecule has 2 aromatic carbocycles. The maximum absolute atomic E-state index is 13.3. The van der Waals surface area contributed by atoms with Crippen LogP contribution in [0.3, 0.4) is 0 Å². The Balaban J connectivity index is 2.11. The topological polar surface area (TPSA) is 90.5 Å². The molecule has 0 atom stereocenters. The molecule has 0 spiro atoms. The fraction of sp³-hybridized carbons (Fsp3) is 0.211. The number of aromatic amines is 1. The highest BCUT2D eigenvalue weighted by atomic mass is 32.2. The largest absolute Gasteiger partial charge is 0.417 e. The average molecular weight is 426 g/mol. The predicted molar refractivity (Wildman–Crippen MR) is 101 cm³/mol. The van der Waals surface area contributed by atoms with Crippen molar-refractivity contribution in [1.29, 1.82) is 0 Å². The molecule has 0 aliphatic heterocycles. The number of H-pyrrole nitrogens is 1. The Morgan fingerprint density at radius 2 is 1.72 bits per heavy atom. The summed E-state index contributed by atoms with van der Waals surface area (Å²) in [6.45, 7) is -0.743. The molecule has 0 aliphatic rings. The second-order valence-electron chi connectivity index (χ2n) is 6.30. The first kappa shape index (κ1) is 21.0. The lowest BCUT2D eigenvalue weighted by Gasteiger charge is -2.22. The number of alkyl halides is 3. The molecule has 10 heteroatoms. The van der Waals surface area contributed by atoms with Gasteiger partial charge in [-0.2, -0.15) is 17.5 Å². The van der Waals surface area contributed by atoms with Gasteiger partial charge in [-0.1, -0.05) is 30.3 Å². The number of nitrogens with one attached hydrogen (secondary N) is 1. The van der Waals surface area contributed by atoms with E-state index in [9.17, 15) is 31.5 Å². The number of hydrogen-bond acceptors (Lipinski definition) is 4. The van der Waals surface area contributed by atoms with Crippen LogP contribution in [0.1, 0.15) is 11.1 Å². The molecule has 1 heterocycles. The van der Waals surface area contributed by atoms with Crippen molar-refractivity contribution in [2.45, 2.75) is 17.6 Å². The van der Waals surface area contributed by atoms with Gasteiger partial charge in [0.1, 0.15) is 0 Å². The number of aromatic nitrogens is 1. The smallest absolute Gasteiger partial charge is 0.395 e. The third-order valence-electron chi connectivity index (χ3n) is 4.31. The van der Waals surface area contributed by atoms with Crippen LogP contribution in [0.4, 0.5) is 13.2 Å². The molecule has 0 unspecified atom stereocenters. The van der Waals surface area contributed by atoms with Crippen molar-refractivity contribution >= 4 is 20.9 Å². The predicted octanol–water partition coefficient (Wildman–Crippen LogP) is 2.73. The van der Waals surface area contributed by atoms with Crippen molar-refractivity contribution in [2.75, 3.05) is 13.2 Å². The number of fused-ring (bicyclic) bond motifs is 1. The lowest BCUT2D eigenvalue weighted by molar-refractivity contribution is -0.136. The molecule has 0 bridgehead atoms. The molecule has 3 rings (SSSR count). The minimum atomic E-state index is -4.83. The van der Waals surface area contributed by atoms with E-state index in [0.29, 0.717) is 11.6 Å². The lowest BCUT2D eigenvalue weighted by Crippen LogP contribution is -2.33. The molecule has 154 valence electrons. The second kappa shape index (κ2) is 7.97. The van der Waals surface area contributed by atoms with Crippen LogP contribution in [0.2, 0.25) is 0 Å². The molecule has 0 radical (unpaired) electrons. The van der Waals surface area contributed by atoms with Crippen LogP contribution in [0.15, 0.2) is 64.3 Å². The van der Waals surface area contributed by atoms with E-state index in [1.807, 2.05) is 0 Å². The van der Waals surface area contributed by atoms with Crippen LogP contribution in [-0.2, 0) is 22.7 Å². The molecular formula is C19H17F3N2O4S. The van der Waals surface area contributed by atoms with E-state index in [4.69, 9.17) is 0 Å². The van der Waals surface area contributed by atoms with Crippen LogP contribution >= 0.6 is 0 Å². The molecule has 2 N–H and O–H groups in total. The Hall–Kier alpha value is -2.69. The molecular weight excluding hydrogens is 409 g/mol. The normalized spacial score (nSPS) is 12.6. The Labute approximate surface area is 164 Å². The first-order chi connectivity index (χ1) is 13.6. The summed E-state index contributed by atoms with van der Waals surface area (Å²) in [5, 5.41) is 8.85. The van der Waals surface area contributed by atoms with E-state index in [1.165, 1.54) is 0 Å². The van der Waals surface area contributed by atoms with Crippen LogP contribution < -0.4 is 5.56 Å². The number of rotatable bonds is 6. The highest BCUT2D eigenvalue weighted by Gasteiger charge is 2.34. The van der Waals surface area contributed by atoms with E-state index in [2.05, 4.69) is 4.98 Å². The zero-order valence-corrected chi connectivity index (χ0v) is 15.8. The van der Waals surface area contributed by atoms with Crippen LogP contribution in [0, 0.1) is 0 Å². The maximum Gasteiger partial charge on any atom is 0.417 e. The minimum absolute atomic E-state index is 0.0560. The van der Waals surface area contributed by atoms with Crippen molar-refractivity contribution in [3.8, 4) is 0 Å². The van der Waals surface area contributed by atoms with Gasteiger partial charge in [0.2, 0.25) is 15.6 Å². The summed E-state index contributed by atoms with van der Waals surface area (Å²) in [7, 11) is -4.21. The summed E-state index contributed by atoms with van der Waals surface area (Å²) in [5.41, 5.74) is -1.62. The number of nitrogens with zero attached hydrogens (tertiary/aromatic N) is 1. The summed E-state index contributed by atoms with van der Waals surface area (Å²) in [4.78, 5) is 13.4. The summed E-state index contributed by atoms with van der Waals surface area (Å²) in [6, 6.07) is 12.1. The van der Waals surface area contributed by atoms with Gasteiger partial charge in [0.15, 0.2) is 0 Å². The zero-order valence-electron chi connectivity index (χ0n) is 15.0. The van der Waals surface area contributed by atoms with Gasteiger partial charge in [-0.25, -0.2) is 8.42 Å². The molecule has 6 nitrogen and oxygen atoms in total.